The molecule has 4 rings (SSSR count). The lowest BCUT2D eigenvalue weighted by Gasteiger charge is -2.28. The Morgan fingerprint density at radius 2 is 1.77 bits per heavy atom. The first-order valence-electron chi connectivity index (χ1n) is 10.1. The molecule has 2 aromatic carbocycles. The molecule has 0 spiro atoms. The highest BCUT2D eigenvalue weighted by atomic mass is 32.2. The predicted molar refractivity (Wildman–Crippen MR) is 112 cm³/mol. The smallest absolute Gasteiger partial charge is 0.312 e. The molecule has 2 aliphatic rings. The molecule has 31 heavy (non-hydrogen) atoms. The summed E-state index contributed by atoms with van der Waals surface area (Å²) < 4.78 is 32.2. The van der Waals surface area contributed by atoms with E-state index in [1.165, 1.54) is 22.0 Å². The van der Waals surface area contributed by atoms with Crippen molar-refractivity contribution < 1.29 is 22.9 Å². The maximum Gasteiger partial charge on any atom is 0.312 e. The molecule has 2 heterocycles. The Labute approximate surface area is 180 Å². The number of benzene rings is 2. The number of ether oxygens (including phenoxy) is 1. The molecule has 1 fully saturated rings. The third-order valence-electron chi connectivity index (χ3n) is 5.66. The van der Waals surface area contributed by atoms with Gasteiger partial charge >= 0.3 is 5.69 Å². The Morgan fingerprint density at radius 3 is 2.48 bits per heavy atom. The summed E-state index contributed by atoms with van der Waals surface area (Å²) in [5.41, 5.74) is 1.81. The molecule has 1 amide bonds. The molecule has 9 nitrogen and oxygen atoms in total. The number of nitro benzene ring substituents is 1. The van der Waals surface area contributed by atoms with E-state index in [0.29, 0.717) is 26.2 Å². The summed E-state index contributed by atoms with van der Waals surface area (Å²) in [6.07, 6.45) is 2.28. The maximum atomic E-state index is 12.7. The monoisotopic (exact) mass is 445 g/mol. The van der Waals surface area contributed by atoms with Gasteiger partial charge in [0.1, 0.15) is 0 Å². The topological polar surface area (TPSA) is 110 Å². The number of fused-ring (bicyclic) bond motifs is 1. The number of amides is 1. The number of hydrogen-bond donors (Lipinski definition) is 0. The summed E-state index contributed by atoms with van der Waals surface area (Å²) in [6, 6.07) is 11.4. The number of carbonyl (C=O) groups excluding carboxylic acids is 1. The van der Waals surface area contributed by atoms with Crippen molar-refractivity contribution in [2.75, 3.05) is 26.2 Å². The second kappa shape index (κ2) is 8.64. The summed E-state index contributed by atoms with van der Waals surface area (Å²) in [7, 11) is -3.79. The van der Waals surface area contributed by atoms with Crippen LogP contribution in [0.3, 0.4) is 0 Å². The van der Waals surface area contributed by atoms with E-state index in [4.69, 9.17) is 4.74 Å². The fourth-order valence-corrected chi connectivity index (χ4v) is 5.48. The molecule has 0 aliphatic carbocycles. The first kappa shape index (κ1) is 21.3. The lowest BCUT2D eigenvalue weighted by Crippen LogP contribution is -2.38. The summed E-state index contributed by atoms with van der Waals surface area (Å²) in [4.78, 5) is 24.9. The molecule has 0 aromatic heterocycles. The minimum atomic E-state index is -3.79. The molecule has 0 unspecified atom stereocenters. The Kier molecular flexibility index (Phi) is 5.92. The molecule has 2 aliphatic heterocycles. The van der Waals surface area contributed by atoms with Crippen LogP contribution < -0.4 is 4.74 Å². The Hall–Kier alpha value is -2.98. The summed E-state index contributed by atoms with van der Waals surface area (Å²) in [5.74, 6) is -0.409. The highest BCUT2D eigenvalue weighted by Crippen LogP contribution is 2.32. The molecule has 0 atom stereocenters. The van der Waals surface area contributed by atoms with Crippen LogP contribution in [0.1, 0.15) is 24.0 Å². The Bertz CT molecular complexity index is 1110. The molecule has 10 heteroatoms. The molecular formula is C21H23N3O6S. The Balaban J connectivity index is 1.47. The largest absolute Gasteiger partial charge is 0.477 e. The van der Waals surface area contributed by atoms with Gasteiger partial charge in [-0.05, 0) is 42.5 Å². The molecule has 1 saturated heterocycles. The van der Waals surface area contributed by atoms with E-state index in [9.17, 15) is 23.3 Å². The van der Waals surface area contributed by atoms with Gasteiger partial charge in [0.25, 0.3) is 5.91 Å². The van der Waals surface area contributed by atoms with Crippen molar-refractivity contribution >= 4 is 21.6 Å². The van der Waals surface area contributed by atoms with Gasteiger partial charge in [0.2, 0.25) is 10.0 Å². The second-order valence-electron chi connectivity index (χ2n) is 7.62. The minimum Gasteiger partial charge on any atom is -0.477 e. The molecule has 0 radical (unpaired) electrons. The van der Waals surface area contributed by atoms with Crippen LogP contribution in [0.25, 0.3) is 0 Å². The molecule has 164 valence electrons. The molecule has 0 bridgehead atoms. The van der Waals surface area contributed by atoms with Gasteiger partial charge < -0.3 is 9.64 Å². The number of nitrogens with zero attached hydrogens (tertiary/aromatic N) is 3. The zero-order valence-electron chi connectivity index (χ0n) is 16.9. The van der Waals surface area contributed by atoms with Crippen molar-refractivity contribution in [3.05, 3.63) is 63.7 Å². The van der Waals surface area contributed by atoms with Crippen LogP contribution in [0.15, 0.2) is 47.4 Å². The number of sulfonamides is 1. The van der Waals surface area contributed by atoms with Crippen LogP contribution in [-0.2, 0) is 27.8 Å². The van der Waals surface area contributed by atoms with Gasteiger partial charge in [-0.15, -0.1) is 0 Å². The van der Waals surface area contributed by atoms with Crippen LogP contribution in [0, 0.1) is 10.1 Å². The van der Waals surface area contributed by atoms with Crippen LogP contribution in [-0.4, -0.2) is 54.7 Å². The van der Waals surface area contributed by atoms with Gasteiger partial charge in [-0.2, -0.15) is 4.31 Å². The zero-order chi connectivity index (χ0) is 22.0. The summed E-state index contributed by atoms with van der Waals surface area (Å²) in [5, 5.41) is 11.5. The van der Waals surface area contributed by atoms with Gasteiger partial charge in [0.15, 0.2) is 12.4 Å². The quantitative estimate of drug-likeness (QED) is 0.499. The average molecular weight is 445 g/mol. The predicted octanol–water partition coefficient (Wildman–Crippen LogP) is 2.34. The van der Waals surface area contributed by atoms with E-state index >= 15 is 0 Å². The molecule has 2 aromatic rings. The third kappa shape index (κ3) is 4.40. The van der Waals surface area contributed by atoms with Crippen molar-refractivity contribution in [2.45, 2.75) is 30.7 Å². The van der Waals surface area contributed by atoms with Crippen molar-refractivity contribution in [2.24, 2.45) is 0 Å². The van der Waals surface area contributed by atoms with Crippen LogP contribution in [0.2, 0.25) is 0 Å². The summed E-state index contributed by atoms with van der Waals surface area (Å²) >= 11 is 0. The van der Waals surface area contributed by atoms with E-state index in [-0.39, 0.29) is 23.2 Å². The lowest BCUT2D eigenvalue weighted by atomic mass is 10.00. The van der Waals surface area contributed by atoms with Crippen LogP contribution >= 0.6 is 0 Å². The minimum absolute atomic E-state index is 0.129. The molecule has 0 N–H and O–H groups in total. The van der Waals surface area contributed by atoms with Gasteiger partial charge in [0, 0.05) is 32.2 Å². The fraction of sp³-hybridized carbons (Fsp3) is 0.381. The number of nitro groups is 1. The summed E-state index contributed by atoms with van der Waals surface area (Å²) in [6.45, 7) is 1.46. The van der Waals surface area contributed by atoms with Crippen molar-refractivity contribution in [3.63, 3.8) is 0 Å². The lowest BCUT2D eigenvalue weighted by molar-refractivity contribution is -0.386. The standard InChI is InChI=1S/C21H23N3O6S/c25-21(22-12-9-16-5-1-2-6-17(16)14-22)15-30-20-8-7-18(13-19(20)24(26)27)31(28,29)23-10-3-4-11-23/h1-2,5-8,13H,3-4,9-12,14-15H2. The number of rotatable bonds is 6. The SMILES string of the molecule is O=C(COc1ccc(S(=O)(=O)N2CCCC2)cc1[N+](=O)[O-])N1CCc2ccccc2C1. The fourth-order valence-electron chi connectivity index (χ4n) is 3.94. The van der Waals surface area contributed by atoms with E-state index in [1.54, 1.807) is 4.90 Å². The number of carbonyl (C=O) groups is 1. The Morgan fingerprint density at radius 1 is 1.06 bits per heavy atom. The van der Waals surface area contributed by atoms with Gasteiger partial charge in [-0.25, -0.2) is 8.42 Å². The highest BCUT2D eigenvalue weighted by molar-refractivity contribution is 7.89. The van der Waals surface area contributed by atoms with E-state index in [1.807, 2.05) is 24.3 Å². The van der Waals surface area contributed by atoms with Crippen LogP contribution in [0.4, 0.5) is 5.69 Å². The van der Waals surface area contributed by atoms with E-state index in [0.717, 1.165) is 30.9 Å². The number of hydrogen-bond acceptors (Lipinski definition) is 6. The third-order valence-corrected chi connectivity index (χ3v) is 7.56. The van der Waals surface area contributed by atoms with Crippen LogP contribution in [0.5, 0.6) is 5.75 Å². The van der Waals surface area contributed by atoms with Gasteiger partial charge in [-0.3, -0.25) is 14.9 Å². The van der Waals surface area contributed by atoms with Gasteiger partial charge in [-0.1, -0.05) is 24.3 Å². The first-order chi connectivity index (χ1) is 14.9. The second-order valence-corrected chi connectivity index (χ2v) is 9.56. The molecule has 0 saturated carbocycles. The van der Waals surface area contributed by atoms with Crippen molar-refractivity contribution in [1.82, 2.24) is 9.21 Å². The van der Waals surface area contributed by atoms with Crippen molar-refractivity contribution in [1.29, 1.82) is 0 Å². The van der Waals surface area contributed by atoms with E-state index in [2.05, 4.69) is 0 Å². The van der Waals surface area contributed by atoms with E-state index < -0.39 is 20.6 Å². The first-order valence-corrected chi connectivity index (χ1v) is 11.6. The average Bonchev–Trinajstić information content (AvgIpc) is 3.33. The maximum absolute atomic E-state index is 12.7. The normalized spacial score (nSPS) is 16.7. The zero-order valence-corrected chi connectivity index (χ0v) is 17.7. The van der Waals surface area contributed by atoms with Gasteiger partial charge in [0.05, 0.1) is 9.82 Å². The van der Waals surface area contributed by atoms with Crippen molar-refractivity contribution in [3.8, 4) is 5.75 Å². The highest BCUT2D eigenvalue weighted by Gasteiger charge is 2.30. The molecular weight excluding hydrogens is 422 g/mol.